The van der Waals surface area contributed by atoms with Crippen LogP contribution in [0.2, 0.25) is 0 Å². The molecule has 2 saturated heterocycles. The average Bonchev–Trinajstić information content (AvgIpc) is 2.63. The standard InChI is InChI=1S/C17H21N.ClH/c1-4-15-16(13-7-5-12(2)6-8-13)11-14-9-10-17(15)18(14)3;/h1,5-8,14-17H,9-11H2,2-3H3;1H/t14-,15-,16+,17+;/m0./s1. The number of hydrogen-bond donors (Lipinski definition) is 0. The first kappa shape index (κ1) is 14.4. The monoisotopic (exact) mass is 275 g/mol. The molecule has 2 aliphatic heterocycles. The van der Waals surface area contributed by atoms with E-state index in [9.17, 15) is 0 Å². The Morgan fingerprint density at radius 2 is 1.89 bits per heavy atom. The highest BCUT2D eigenvalue weighted by Gasteiger charge is 2.45. The van der Waals surface area contributed by atoms with Crippen molar-refractivity contribution in [2.24, 2.45) is 5.92 Å². The highest BCUT2D eigenvalue weighted by atomic mass is 35.5. The fourth-order valence-electron chi connectivity index (χ4n) is 3.85. The van der Waals surface area contributed by atoms with Gasteiger partial charge in [-0.25, -0.2) is 0 Å². The smallest absolute Gasteiger partial charge is 0.0425 e. The van der Waals surface area contributed by atoms with Gasteiger partial charge in [0, 0.05) is 23.9 Å². The molecule has 0 unspecified atom stereocenters. The Morgan fingerprint density at radius 3 is 2.53 bits per heavy atom. The lowest BCUT2D eigenvalue weighted by atomic mass is 9.76. The number of nitrogens with zero attached hydrogens (tertiary/aromatic N) is 1. The second-order valence-electron chi connectivity index (χ2n) is 5.91. The van der Waals surface area contributed by atoms with Crippen LogP contribution in [0.4, 0.5) is 0 Å². The first-order valence-electron chi connectivity index (χ1n) is 6.95. The van der Waals surface area contributed by atoms with E-state index in [0.717, 1.165) is 6.04 Å². The van der Waals surface area contributed by atoms with Crippen LogP contribution in [-0.4, -0.2) is 24.0 Å². The Bertz CT molecular complexity index is 473. The molecule has 4 atom stereocenters. The van der Waals surface area contributed by atoms with E-state index in [-0.39, 0.29) is 12.4 Å². The van der Waals surface area contributed by atoms with Gasteiger partial charge in [0.2, 0.25) is 0 Å². The van der Waals surface area contributed by atoms with E-state index >= 15 is 0 Å². The quantitative estimate of drug-likeness (QED) is 0.708. The molecular formula is C17H22ClN. The Morgan fingerprint density at radius 1 is 1.21 bits per heavy atom. The van der Waals surface area contributed by atoms with Crippen molar-refractivity contribution in [3.63, 3.8) is 0 Å². The van der Waals surface area contributed by atoms with Gasteiger partial charge in [-0.15, -0.1) is 24.8 Å². The normalized spacial score (nSPS) is 33.5. The second-order valence-corrected chi connectivity index (χ2v) is 5.91. The fraction of sp³-hybridized carbons (Fsp3) is 0.529. The zero-order chi connectivity index (χ0) is 12.7. The predicted molar refractivity (Wildman–Crippen MR) is 82.7 cm³/mol. The number of halogens is 1. The molecule has 0 saturated carbocycles. The van der Waals surface area contributed by atoms with E-state index in [4.69, 9.17) is 6.42 Å². The maximum Gasteiger partial charge on any atom is 0.0425 e. The van der Waals surface area contributed by atoms with Crippen LogP contribution < -0.4 is 0 Å². The van der Waals surface area contributed by atoms with Crippen molar-refractivity contribution in [1.29, 1.82) is 0 Å². The molecule has 1 aromatic rings. The van der Waals surface area contributed by atoms with E-state index in [0.29, 0.717) is 17.9 Å². The first-order valence-corrected chi connectivity index (χ1v) is 6.95. The predicted octanol–water partition coefficient (Wildman–Crippen LogP) is 3.62. The van der Waals surface area contributed by atoms with Gasteiger partial charge in [-0.2, -0.15) is 0 Å². The second kappa shape index (κ2) is 5.57. The minimum absolute atomic E-state index is 0. The minimum atomic E-state index is 0. The van der Waals surface area contributed by atoms with Crippen molar-refractivity contribution in [1.82, 2.24) is 4.90 Å². The van der Waals surface area contributed by atoms with Crippen LogP contribution in [-0.2, 0) is 0 Å². The first-order chi connectivity index (χ1) is 8.70. The van der Waals surface area contributed by atoms with Crippen molar-refractivity contribution in [3.8, 4) is 12.3 Å². The highest BCUT2D eigenvalue weighted by Crippen LogP contribution is 2.45. The molecule has 0 N–H and O–H groups in total. The summed E-state index contributed by atoms with van der Waals surface area (Å²) in [6, 6.07) is 10.3. The van der Waals surface area contributed by atoms with Crippen LogP contribution in [0.5, 0.6) is 0 Å². The molecule has 2 heteroatoms. The lowest BCUT2D eigenvalue weighted by Gasteiger charge is -2.41. The van der Waals surface area contributed by atoms with Gasteiger partial charge in [0.05, 0.1) is 0 Å². The van der Waals surface area contributed by atoms with Crippen LogP contribution in [0.3, 0.4) is 0 Å². The van der Waals surface area contributed by atoms with Crippen LogP contribution in [0.25, 0.3) is 0 Å². The largest absolute Gasteiger partial charge is 0.299 e. The maximum absolute atomic E-state index is 5.83. The van der Waals surface area contributed by atoms with Gasteiger partial charge in [-0.05, 0) is 38.8 Å². The topological polar surface area (TPSA) is 3.24 Å². The molecule has 0 spiro atoms. The molecule has 2 fully saturated rings. The van der Waals surface area contributed by atoms with Crippen LogP contribution >= 0.6 is 12.4 Å². The number of terminal acetylenes is 1. The fourth-order valence-corrected chi connectivity index (χ4v) is 3.85. The van der Waals surface area contributed by atoms with Gasteiger partial charge in [-0.3, -0.25) is 4.90 Å². The summed E-state index contributed by atoms with van der Waals surface area (Å²) >= 11 is 0. The van der Waals surface area contributed by atoms with Gasteiger partial charge >= 0.3 is 0 Å². The molecule has 102 valence electrons. The van der Waals surface area contributed by atoms with Crippen LogP contribution in [0, 0.1) is 25.2 Å². The van der Waals surface area contributed by atoms with E-state index in [2.05, 4.69) is 49.1 Å². The average molecular weight is 276 g/mol. The van der Waals surface area contributed by atoms with Crippen molar-refractivity contribution in [2.45, 2.75) is 44.2 Å². The summed E-state index contributed by atoms with van der Waals surface area (Å²) in [5, 5.41) is 0. The lowest BCUT2D eigenvalue weighted by Crippen LogP contribution is -2.45. The molecule has 0 aromatic heterocycles. The van der Waals surface area contributed by atoms with Crippen molar-refractivity contribution in [3.05, 3.63) is 35.4 Å². The summed E-state index contributed by atoms with van der Waals surface area (Å²) in [6.45, 7) is 2.14. The van der Waals surface area contributed by atoms with E-state index in [1.54, 1.807) is 0 Å². The third kappa shape index (κ3) is 2.40. The molecule has 1 aromatic carbocycles. The molecule has 2 heterocycles. The number of piperidine rings is 1. The summed E-state index contributed by atoms with van der Waals surface area (Å²) in [5.74, 6) is 4.03. The molecule has 19 heavy (non-hydrogen) atoms. The zero-order valence-electron chi connectivity index (χ0n) is 11.7. The molecule has 0 radical (unpaired) electrons. The number of rotatable bonds is 1. The molecular weight excluding hydrogens is 254 g/mol. The van der Waals surface area contributed by atoms with Crippen LogP contribution in [0.15, 0.2) is 24.3 Å². The van der Waals surface area contributed by atoms with Gasteiger partial charge in [0.15, 0.2) is 0 Å². The van der Waals surface area contributed by atoms with Gasteiger partial charge in [0.25, 0.3) is 0 Å². The van der Waals surface area contributed by atoms with Crippen molar-refractivity contribution in [2.75, 3.05) is 7.05 Å². The summed E-state index contributed by atoms with van der Waals surface area (Å²) in [7, 11) is 2.25. The summed E-state index contributed by atoms with van der Waals surface area (Å²) < 4.78 is 0. The highest BCUT2D eigenvalue weighted by molar-refractivity contribution is 5.85. The summed E-state index contributed by atoms with van der Waals surface area (Å²) in [4.78, 5) is 2.52. The van der Waals surface area contributed by atoms with Crippen molar-refractivity contribution >= 4 is 12.4 Å². The Kier molecular flexibility index (Phi) is 4.23. The molecule has 1 nitrogen and oxygen atoms in total. The molecule has 0 aliphatic carbocycles. The van der Waals surface area contributed by atoms with Gasteiger partial charge in [-0.1, -0.05) is 29.8 Å². The molecule has 3 rings (SSSR count). The Hall–Kier alpha value is -0.970. The molecule has 0 amide bonds. The van der Waals surface area contributed by atoms with E-state index in [1.807, 2.05) is 0 Å². The summed E-state index contributed by atoms with van der Waals surface area (Å²) in [5.41, 5.74) is 2.76. The Balaban J connectivity index is 0.00000133. The number of benzene rings is 1. The maximum atomic E-state index is 5.83. The van der Waals surface area contributed by atoms with Crippen LogP contribution in [0.1, 0.15) is 36.3 Å². The zero-order valence-corrected chi connectivity index (χ0v) is 12.5. The lowest BCUT2D eigenvalue weighted by molar-refractivity contribution is 0.128. The van der Waals surface area contributed by atoms with Gasteiger partial charge in [0.1, 0.15) is 0 Å². The molecule has 2 aliphatic rings. The third-order valence-electron chi connectivity index (χ3n) is 4.97. The van der Waals surface area contributed by atoms with Crippen molar-refractivity contribution < 1.29 is 0 Å². The molecule has 2 bridgehead atoms. The number of aryl methyl sites for hydroxylation is 1. The van der Waals surface area contributed by atoms with E-state index < -0.39 is 0 Å². The summed E-state index contributed by atoms with van der Waals surface area (Å²) in [6.07, 6.45) is 9.66. The van der Waals surface area contributed by atoms with Gasteiger partial charge < -0.3 is 0 Å². The number of hydrogen-bond acceptors (Lipinski definition) is 1. The third-order valence-corrected chi connectivity index (χ3v) is 4.97. The SMILES string of the molecule is C#C[C@H]1[C@@H](c2ccc(C)cc2)C[C@@H]2CC[C@H]1N2C.Cl. The van der Waals surface area contributed by atoms with E-state index in [1.165, 1.54) is 30.4 Å². The number of fused-ring (bicyclic) bond motifs is 2. The minimum Gasteiger partial charge on any atom is -0.299 e. The Labute approximate surface area is 122 Å².